The Bertz CT molecular complexity index is 814. The molecule has 0 saturated carbocycles. The Hall–Kier alpha value is -2.21. The van der Waals surface area contributed by atoms with Gasteiger partial charge in [-0.2, -0.15) is 0 Å². The second-order valence-corrected chi connectivity index (χ2v) is 8.26. The third-order valence-electron chi connectivity index (χ3n) is 3.66. The number of halogens is 1. The summed E-state index contributed by atoms with van der Waals surface area (Å²) in [6, 6.07) is 12.1. The number of sulfone groups is 1. The number of carbonyl (C=O) groups is 1. The van der Waals surface area contributed by atoms with E-state index in [4.69, 9.17) is 0 Å². The predicted molar refractivity (Wildman–Crippen MR) is 91.2 cm³/mol. The molecule has 1 amide bonds. The van der Waals surface area contributed by atoms with Crippen LogP contribution < -0.4 is 5.32 Å². The average molecular weight is 349 g/mol. The minimum atomic E-state index is -3.27. The molecule has 0 atom stereocenters. The lowest BCUT2D eigenvalue weighted by atomic mass is 10.1. The van der Waals surface area contributed by atoms with Gasteiger partial charge < -0.3 is 5.32 Å². The van der Waals surface area contributed by atoms with E-state index in [1.54, 1.807) is 44.2 Å². The highest BCUT2D eigenvalue weighted by molar-refractivity contribution is 7.92. The predicted octanol–water partition coefficient (Wildman–Crippen LogP) is 2.98. The molecule has 1 N–H and O–H groups in total. The number of hydrogen-bond acceptors (Lipinski definition) is 3. The number of hydrogen-bond donors (Lipinski definition) is 1. The van der Waals surface area contributed by atoms with Gasteiger partial charge in [-0.1, -0.05) is 18.2 Å². The van der Waals surface area contributed by atoms with E-state index in [2.05, 4.69) is 5.32 Å². The van der Waals surface area contributed by atoms with Gasteiger partial charge in [-0.05, 0) is 56.2 Å². The quantitative estimate of drug-likeness (QED) is 0.872. The van der Waals surface area contributed by atoms with Crippen molar-refractivity contribution in [3.05, 3.63) is 65.5 Å². The van der Waals surface area contributed by atoms with Crippen molar-refractivity contribution in [2.75, 3.05) is 6.54 Å². The molecule has 0 saturated heterocycles. The lowest BCUT2D eigenvalue weighted by molar-refractivity contribution is 0.0953. The second-order valence-electron chi connectivity index (χ2n) is 5.75. The standard InChI is InChI=1S/C18H20FNO3S/c1-13(2)24(22,23)17-8-6-14(7-9-17)10-11-20-18(21)15-4-3-5-16(19)12-15/h3-9,12-13H,10-11H2,1-2H3,(H,20,21). The molecular weight excluding hydrogens is 329 g/mol. The van der Waals surface area contributed by atoms with Gasteiger partial charge in [0.05, 0.1) is 10.1 Å². The Labute approximate surface area is 141 Å². The van der Waals surface area contributed by atoms with Gasteiger partial charge in [0.2, 0.25) is 0 Å². The van der Waals surface area contributed by atoms with Gasteiger partial charge in [-0.25, -0.2) is 12.8 Å². The monoisotopic (exact) mass is 349 g/mol. The number of benzene rings is 2. The van der Waals surface area contributed by atoms with Gasteiger partial charge in [0.15, 0.2) is 9.84 Å². The zero-order chi connectivity index (χ0) is 17.7. The van der Waals surface area contributed by atoms with Crippen molar-refractivity contribution in [1.29, 1.82) is 0 Å². The van der Waals surface area contributed by atoms with Crippen molar-refractivity contribution in [3.8, 4) is 0 Å². The topological polar surface area (TPSA) is 63.2 Å². The van der Waals surface area contributed by atoms with Crippen molar-refractivity contribution < 1.29 is 17.6 Å². The highest BCUT2D eigenvalue weighted by Crippen LogP contribution is 2.16. The molecule has 2 aromatic rings. The Morgan fingerprint density at radius 2 is 1.79 bits per heavy atom. The molecule has 2 aromatic carbocycles. The zero-order valence-electron chi connectivity index (χ0n) is 13.6. The van der Waals surface area contributed by atoms with Gasteiger partial charge in [0, 0.05) is 12.1 Å². The highest BCUT2D eigenvalue weighted by Gasteiger charge is 2.18. The maximum Gasteiger partial charge on any atom is 0.251 e. The zero-order valence-corrected chi connectivity index (χ0v) is 14.4. The van der Waals surface area contributed by atoms with Gasteiger partial charge in [0.25, 0.3) is 5.91 Å². The molecular formula is C18H20FNO3S. The van der Waals surface area contributed by atoms with Crippen LogP contribution in [-0.4, -0.2) is 26.1 Å². The Kier molecular flexibility index (Phi) is 5.72. The van der Waals surface area contributed by atoms with Crippen LogP contribution in [-0.2, 0) is 16.3 Å². The van der Waals surface area contributed by atoms with Crippen LogP contribution >= 0.6 is 0 Å². The molecule has 0 heterocycles. The summed E-state index contributed by atoms with van der Waals surface area (Å²) in [6.07, 6.45) is 0.559. The van der Waals surface area contributed by atoms with E-state index in [0.29, 0.717) is 17.9 Å². The molecule has 0 unspecified atom stereocenters. The number of nitrogens with one attached hydrogen (secondary N) is 1. The number of carbonyl (C=O) groups excluding carboxylic acids is 1. The molecule has 0 radical (unpaired) electrons. The van der Waals surface area contributed by atoms with Crippen LogP contribution in [0.1, 0.15) is 29.8 Å². The van der Waals surface area contributed by atoms with Crippen LogP contribution in [0.3, 0.4) is 0 Å². The van der Waals surface area contributed by atoms with Crippen LogP contribution in [0.2, 0.25) is 0 Å². The molecule has 24 heavy (non-hydrogen) atoms. The number of amides is 1. The summed E-state index contributed by atoms with van der Waals surface area (Å²) < 4.78 is 37.2. The molecule has 0 spiro atoms. The van der Waals surface area contributed by atoms with Crippen molar-refractivity contribution in [2.24, 2.45) is 0 Å². The summed E-state index contributed by atoms with van der Waals surface area (Å²) in [6.45, 7) is 3.67. The second kappa shape index (κ2) is 7.57. The third-order valence-corrected chi connectivity index (χ3v) is 5.83. The van der Waals surface area contributed by atoms with Crippen molar-refractivity contribution in [2.45, 2.75) is 30.4 Å². The number of rotatable bonds is 6. The summed E-state index contributed by atoms with van der Waals surface area (Å²) in [5.41, 5.74) is 1.19. The van der Waals surface area contributed by atoms with Gasteiger partial charge >= 0.3 is 0 Å². The first-order valence-corrected chi connectivity index (χ1v) is 9.22. The van der Waals surface area contributed by atoms with Crippen LogP contribution in [0.4, 0.5) is 4.39 Å². The smallest absolute Gasteiger partial charge is 0.251 e. The SMILES string of the molecule is CC(C)S(=O)(=O)c1ccc(CCNC(=O)c2cccc(F)c2)cc1. The molecule has 2 rings (SSSR count). The van der Waals surface area contributed by atoms with E-state index in [1.165, 1.54) is 18.2 Å². The van der Waals surface area contributed by atoms with E-state index in [1.807, 2.05) is 0 Å². The largest absolute Gasteiger partial charge is 0.352 e. The van der Waals surface area contributed by atoms with E-state index < -0.39 is 20.9 Å². The Morgan fingerprint density at radius 3 is 2.38 bits per heavy atom. The summed E-state index contributed by atoms with van der Waals surface area (Å²) >= 11 is 0. The first-order chi connectivity index (χ1) is 11.3. The maximum atomic E-state index is 13.1. The summed E-state index contributed by atoms with van der Waals surface area (Å²) in [5, 5.41) is 2.25. The molecule has 0 aliphatic carbocycles. The molecule has 0 aliphatic rings. The first-order valence-electron chi connectivity index (χ1n) is 7.67. The van der Waals surface area contributed by atoms with Crippen molar-refractivity contribution >= 4 is 15.7 Å². The molecule has 0 bridgehead atoms. The first kappa shape index (κ1) is 18.1. The normalized spacial score (nSPS) is 11.5. The summed E-state index contributed by atoms with van der Waals surface area (Å²) in [7, 11) is -3.27. The fourth-order valence-electron chi connectivity index (χ4n) is 2.17. The maximum absolute atomic E-state index is 13.1. The molecule has 0 aliphatic heterocycles. The van der Waals surface area contributed by atoms with E-state index in [0.717, 1.165) is 5.56 Å². The van der Waals surface area contributed by atoms with E-state index >= 15 is 0 Å². The minimum absolute atomic E-state index is 0.272. The van der Waals surface area contributed by atoms with Crippen molar-refractivity contribution in [1.82, 2.24) is 5.32 Å². The molecule has 4 nitrogen and oxygen atoms in total. The van der Waals surface area contributed by atoms with E-state index in [9.17, 15) is 17.6 Å². The Balaban J connectivity index is 1.92. The van der Waals surface area contributed by atoms with Gasteiger partial charge in [0.1, 0.15) is 5.82 Å². The fourth-order valence-corrected chi connectivity index (χ4v) is 3.23. The minimum Gasteiger partial charge on any atom is -0.352 e. The van der Waals surface area contributed by atoms with Gasteiger partial charge in [-0.15, -0.1) is 0 Å². The lowest BCUT2D eigenvalue weighted by Crippen LogP contribution is -2.25. The van der Waals surface area contributed by atoms with Crippen LogP contribution in [0.25, 0.3) is 0 Å². The lowest BCUT2D eigenvalue weighted by Gasteiger charge is -2.09. The molecule has 6 heteroatoms. The highest BCUT2D eigenvalue weighted by atomic mass is 32.2. The third kappa shape index (κ3) is 4.41. The van der Waals surface area contributed by atoms with Crippen molar-refractivity contribution in [3.63, 3.8) is 0 Å². The molecule has 0 fully saturated rings. The Morgan fingerprint density at radius 1 is 1.12 bits per heavy atom. The molecule has 0 aromatic heterocycles. The average Bonchev–Trinajstić information content (AvgIpc) is 2.55. The van der Waals surface area contributed by atoms with Crippen LogP contribution in [0, 0.1) is 5.82 Å². The summed E-state index contributed by atoms with van der Waals surface area (Å²) in [4.78, 5) is 12.2. The van der Waals surface area contributed by atoms with Crippen LogP contribution in [0.5, 0.6) is 0 Å². The van der Waals surface area contributed by atoms with E-state index in [-0.39, 0.29) is 11.5 Å². The molecule has 128 valence electrons. The summed E-state index contributed by atoms with van der Waals surface area (Å²) in [5.74, 6) is -0.793. The van der Waals surface area contributed by atoms with Gasteiger partial charge in [-0.3, -0.25) is 4.79 Å². The fraction of sp³-hybridized carbons (Fsp3) is 0.278. The van der Waals surface area contributed by atoms with Crippen LogP contribution in [0.15, 0.2) is 53.4 Å².